The van der Waals surface area contributed by atoms with Crippen molar-refractivity contribution >= 4 is 38.6 Å². The lowest BCUT2D eigenvalue weighted by Gasteiger charge is -2.11. The van der Waals surface area contributed by atoms with Gasteiger partial charge in [0.2, 0.25) is 0 Å². The summed E-state index contributed by atoms with van der Waals surface area (Å²) in [5.74, 6) is 0.699. The molecule has 0 atom stereocenters. The number of imidazole rings is 1. The molecule has 1 aromatic carbocycles. The maximum absolute atomic E-state index is 13.7. The molecule has 0 saturated carbocycles. The Morgan fingerprint density at radius 2 is 2.14 bits per heavy atom. The van der Waals surface area contributed by atoms with Crippen LogP contribution in [0.15, 0.2) is 16.6 Å². The Bertz CT molecular complexity index is 618. The molecule has 1 heterocycles. The lowest BCUT2D eigenvalue weighted by atomic mass is 10.3. The second kappa shape index (κ2) is 7.54. The Labute approximate surface area is 137 Å². The largest absolute Gasteiger partial charge is 0.378 e. The molecule has 116 valence electrons. The van der Waals surface area contributed by atoms with Crippen LogP contribution in [0.25, 0.3) is 11.0 Å². The van der Waals surface area contributed by atoms with Crippen molar-refractivity contribution in [3.63, 3.8) is 0 Å². The standard InChI is InChI=1S/C14H18BrClFN3O/c1-19(2)3-5-21-6-4-20-13-8-11(17)10(15)7-12(13)18-14(20)9-16/h7-8H,3-6,9H2,1-2H3. The van der Waals surface area contributed by atoms with Gasteiger partial charge >= 0.3 is 0 Å². The molecule has 0 spiro atoms. The van der Waals surface area contributed by atoms with E-state index >= 15 is 0 Å². The first kappa shape index (κ1) is 16.7. The summed E-state index contributed by atoms with van der Waals surface area (Å²) in [5, 5.41) is 0. The van der Waals surface area contributed by atoms with Gasteiger partial charge in [0.15, 0.2) is 0 Å². The van der Waals surface area contributed by atoms with E-state index in [0.29, 0.717) is 24.2 Å². The number of likely N-dealkylation sites (N-methyl/N-ethyl adjacent to an activating group) is 1. The van der Waals surface area contributed by atoms with Crippen molar-refractivity contribution in [3.05, 3.63) is 28.2 Å². The number of fused-ring (bicyclic) bond motifs is 1. The van der Waals surface area contributed by atoms with Crippen molar-refractivity contribution in [1.82, 2.24) is 14.5 Å². The number of hydrogen-bond acceptors (Lipinski definition) is 3. The Balaban J connectivity index is 2.12. The molecule has 4 nitrogen and oxygen atoms in total. The third-order valence-electron chi connectivity index (χ3n) is 3.13. The maximum Gasteiger partial charge on any atom is 0.139 e. The molecule has 0 fully saturated rings. The van der Waals surface area contributed by atoms with Crippen molar-refractivity contribution in [3.8, 4) is 0 Å². The summed E-state index contributed by atoms with van der Waals surface area (Å²) >= 11 is 9.10. The monoisotopic (exact) mass is 377 g/mol. The summed E-state index contributed by atoms with van der Waals surface area (Å²) in [5.41, 5.74) is 1.47. The second-order valence-corrected chi connectivity index (χ2v) is 6.11. The molecule has 21 heavy (non-hydrogen) atoms. The first-order valence-corrected chi connectivity index (χ1v) is 7.98. The van der Waals surface area contributed by atoms with E-state index in [1.54, 1.807) is 6.07 Å². The maximum atomic E-state index is 13.7. The number of ether oxygens (including phenoxy) is 1. The molecule has 0 aliphatic rings. The molecule has 0 saturated heterocycles. The van der Waals surface area contributed by atoms with Crippen molar-refractivity contribution in [2.24, 2.45) is 0 Å². The van der Waals surface area contributed by atoms with Gasteiger partial charge in [-0.05, 0) is 36.1 Å². The van der Waals surface area contributed by atoms with E-state index in [-0.39, 0.29) is 11.7 Å². The number of benzene rings is 1. The third kappa shape index (κ3) is 4.16. The summed E-state index contributed by atoms with van der Waals surface area (Å²) in [6.07, 6.45) is 0. The van der Waals surface area contributed by atoms with Gasteiger partial charge in [0.1, 0.15) is 11.6 Å². The number of alkyl halides is 1. The van der Waals surface area contributed by atoms with E-state index in [4.69, 9.17) is 16.3 Å². The molecule has 7 heteroatoms. The van der Waals surface area contributed by atoms with Crippen LogP contribution < -0.4 is 0 Å². The van der Waals surface area contributed by atoms with Gasteiger partial charge in [-0.2, -0.15) is 0 Å². The summed E-state index contributed by atoms with van der Waals surface area (Å²) in [4.78, 5) is 6.49. The lowest BCUT2D eigenvalue weighted by molar-refractivity contribution is 0.111. The molecule has 1 aromatic heterocycles. The molecule has 0 aliphatic heterocycles. The van der Waals surface area contributed by atoms with Gasteiger partial charge in [-0.15, -0.1) is 11.6 Å². The predicted molar refractivity (Wildman–Crippen MR) is 86.3 cm³/mol. The molecule has 0 N–H and O–H groups in total. The molecular formula is C14H18BrClFN3O. The number of halogens is 3. The highest BCUT2D eigenvalue weighted by Crippen LogP contribution is 2.24. The molecule has 0 aliphatic carbocycles. The molecular weight excluding hydrogens is 361 g/mol. The van der Waals surface area contributed by atoms with Crippen LogP contribution in [0.4, 0.5) is 4.39 Å². The summed E-state index contributed by atoms with van der Waals surface area (Å²) in [6.45, 7) is 2.68. The predicted octanol–water partition coefficient (Wildman–Crippen LogP) is 3.25. The summed E-state index contributed by atoms with van der Waals surface area (Å²) < 4.78 is 21.6. The van der Waals surface area contributed by atoms with Gasteiger partial charge in [0.05, 0.1) is 34.6 Å². The fourth-order valence-electron chi connectivity index (χ4n) is 2.03. The lowest BCUT2D eigenvalue weighted by Crippen LogP contribution is -2.19. The van der Waals surface area contributed by atoms with Crippen LogP contribution in [0.3, 0.4) is 0 Å². The Hall–Kier alpha value is -0.690. The average Bonchev–Trinajstić information content (AvgIpc) is 2.76. The van der Waals surface area contributed by atoms with Crippen molar-refractivity contribution in [2.75, 3.05) is 33.9 Å². The molecule has 0 unspecified atom stereocenters. The zero-order chi connectivity index (χ0) is 15.4. The van der Waals surface area contributed by atoms with E-state index < -0.39 is 0 Å². The van der Waals surface area contributed by atoms with Crippen LogP contribution in [-0.4, -0.2) is 48.3 Å². The van der Waals surface area contributed by atoms with Crippen molar-refractivity contribution in [2.45, 2.75) is 12.4 Å². The zero-order valence-corrected chi connectivity index (χ0v) is 14.4. The number of nitrogens with zero attached hydrogens (tertiary/aromatic N) is 3. The zero-order valence-electron chi connectivity index (χ0n) is 12.1. The van der Waals surface area contributed by atoms with Crippen LogP contribution in [0.5, 0.6) is 0 Å². The minimum Gasteiger partial charge on any atom is -0.378 e. The highest BCUT2D eigenvalue weighted by Gasteiger charge is 2.12. The first-order chi connectivity index (χ1) is 10.0. The van der Waals surface area contributed by atoms with E-state index in [9.17, 15) is 4.39 Å². The molecule has 2 rings (SSSR count). The van der Waals surface area contributed by atoms with Crippen LogP contribution in [-0.2, 0) is 17.2 Å². The fourth-order valence-corrected chi connectivity index (χ4v) is 2.56. The van der Waals surface area contributed by atoms with Gasteiger partial charge in [-0.1, -0.05) is 0 Å². The number of aromatic nitrogens is 2. The minimum atomic E-state index is -0.307. The highest BCUT2D eigenvalue weighted by molar-refractivity contribution is 9.10. The average molecular weight is 379 g/mol. The highest BCUT2D eigenvalue weighted by atomic mass is 79.9. The van der Waals surface area contributed by atoms with E-state index in [1.165, 1.54) is 6.07 Å². The molecule has 0 bridgehead atoms. The van der Waals surface area contributed by atoms with Gasteiger partial charge in [-0.25, -0.2) is 9.37 Å². The van der Waals surface area contributed by atoms with E-state index in [0.717, 1.165) is 23.4 Å². The first-order valence-electron chi connectivity index (χ1n) is 6.65. The Kier molecular flexibility index (Phi) is 5.98. The van der Waals surface area contributed by atoms with Crippen LogP contribution in [0, 0.1) is 5.82 Å². The molecule has 0 amide bonds. The smallest absolute Gasteiger partial charge is 0.139 e. The number of rotatable bonds is 7. The quantitative estimate of drug-likeness (QED) is 0.547. The SMILES string of the molecule is CN(C)CCOCCn1c(CCl)nc2cc(Br)c(F)cc21. The van der Waals surface area contributed by atoms with Crippen molar-refractivity contribution < 1.29 is 9.13 Å². The van der Waals surface area contributed by atoms with Crippen molar-refractivity contribution in [1.29, 1.82) is 0 Å². The van der Waals surface area contributed by atoms with Crippen LogP contribution in [0.2, 0.25) is 0 Å². The third-order valence-corrected chi connectivity index (χ3v) is 3.98. The Morgan fingerprint density at radius 3 is 2.81 bits per heavy atom. The normalized spacial score (nSPS) is 11.7. The van der Waals surface area contributed by atoms with E-state index in [1.807, 2.05) is 18.7 Å². The van der Waals surface area contributed by atoms with Crippen LogP contribution >= 0.6 is 27.5 Å². The minimum absolute atomic E-state index is 0.283. The van der Waals surface area contributed by atoms with Gasteiger partial charge in [0, 0.05) is 19.2 Å². The van der Waals surface area contributed by atoms with Gasteiger partial charge in [0.25, 0.3) is 0 Å². The topological polar surface area (TPSA) is 30.3 Å². The summed E-state index contributed by atoms with van der Waals surface area (Å²) in [6, 6.07) is 3.15. The summed E-state index contributed by atoms with van der Waals surface area (Å²) in [7, 11) is 4.00. The molecule has 2 aromatic rings. The van der Waals surface area contributed by atoms with Gasteiger partial charge in [-0.3, -0.25) is 0 Å². The fraction of sp³-hybridized carbons (Fsp3) is 0.500. The van der Waals surface area contributed by atoms with E-state index in [2.05, 4.69) is 25.8 Å². The number of hydrogen-bond donors (Lipinski definition) is 0. The second-order valence-electron chi connectivity index (χ2n) is 4.98. The molecule has 0 radical (unpaired) electrons. The van der Waals surface area contributed by atoms with Gasteiger partial charge < -0.3 is 14.2 Å². The Morgan fingerprint density at radius 1 is 1.38 bits per heavy atom. The van der Waals surface area contributed by atoms with Crippen LogP contribution in [0.1, 0.15) is 5.82 Å².